The number of ether oxygens (including phenoxy) is 2. The molecule has 1 atom stereocenters. The average Bonchev–Trinajstić information content (AvgIpc) is 3.29. The maximum absolute atomic E-state index is 13.9. The zero-order valence-electron chi connectivity index (χ0n) is 27.4. The summed E-state index contributed by atoms with van der Waals surface area (Å²) in [5.41, 5.74) is 0.704. The Morgan fingerprint density at radius 3 is 2.27 bits per heavy atom. The summed E-state index contributed by atoms with van der Waals surface area (Å²) in [6.07, 6.45) is -3.67. The van der Waals surface area contributed by atoms with Crippen LogP contribution in [-0.2, 0) is 40.0 Å². The van der Waals surface area contributed by atoms with Gasteiger partial charge in [-0.25, -0.2) is 14.0 Å². The van der Waals surface area contributed by atoms with Gasteiger partial charge in [0.05, 0.1) is 5.56 Å². The van der Waals surface area contributed by atoms with Gasteiger partial charge in [0, 0.05) is 83.2 Å². The summed E-state index contributed by atoms with van der Waals surface area (Å²) in [4.78, 5) is 47.7. The monoisotopic (exact) mass is 689 g/mol. The molecule has 4 amide bonds. The van der Waals surface area contributed by atoms with Crippen molar-refractivity contribution in [2.75, 3.05) is 64.3 Å². The van der Waals surface area contributed by atoms with Crippen LogP contribution in [0.3, 0.4) is 0 Å². The van der Waals surface area contributed by atoms with E-state index in [-0.39, 0.29) is 42.7 Å². The maximum Gasteiger partial charge on any atom is 0.416 e. The number of rotatable bonds is 7. The van der Waals surface area contributed by atoms with E-state index < -0.39 is 36.5 Å². The molecule has 0 unspecified atom stereocenters. The summed E-state index contributed by atoms with van der Waals surface area (Å²) < 4.78 is 65.9. The minimum atomic E-state index is -4.71. The highest BCUT2D eigenvalue weighted by Crippen LogP contribution is 2.32. The first-order valence-corrected chi connectivity index (χ1v) is 17.1. The Balaban J connectivity index is 1.12. The van der Waals surface area contributed by atoms with E-state index in [1.54, 1.807) is 9.80 Å². The fraction of sp³-hybridized carbons (Fsp3) is 0.571. The Bertz CT molecular complexity index is 1490. The molecule has 4 aliphatic rings. The van der Waals surface area contributed by atoms with Crippen LogP contribution in [0, 0.1) is 0 Å². The minimum absolute atomic E-state index is 0.0568. The number of piperidine rings is 1. The lowest BCUT2D eigenvalue weighted by Gasteiger charge is -2.41. The third-order valence-electron chi connectivity index (χ3n) is 10.1. The molecule has 3 saturated heterocycles. The number of para-hydroxylation sites is 1. The number of nitrogens with zero attached hydrogens (tertiary/aromatic N) is 4. The predicted octanol–water partition coefficient (Wildman–Crippen LogP) is 5.10. The fourth-order valence-electron chi connectivity index (χ4n) is 7.37. The number of hydrogen-bond donors (Lipinski definition) is 1. The number of benzene rings is 2. The highest BCUT2D eigenvalue weighted by Gasteiger charge is 2.37. The summed E-state index contributed by atoms with van der Waals surface area (Å²) >= 11 is 0. The van der Waals surface area contributed by atoms with Gasteiger partial charge >= 0.3 is 18.3 Å². The van der Waals surface area contributed by atoms with E-state index in [4.69, 9.17) is 9.47 Å². The number of carbonyl (C=O) groups excluding carboxylic acids is 3. The number of piperazine rings is 1. The largest absolute Gasteiger partial charge is 0.436 e. The molecule has 266 valence electrons. The van der Waals surface area contributed by atoms with Gasteiger partial charge in [-0.2, -0.15) is 13.2 Å². The second-order valence-electron chi connectivity index (χ2n) is 13.2. The number of fused-ring (bicyclic) bond motifs is 1. The Morgan fingerprint density at radius 1 is 0.878 bits per heavy atom. The van der Waals surface area contributed by atoms with Crippen molar-refractivity contribution in [3.05, 3.63) is 64.7 Å². The van der Waals surface area contributed by atoms with Crippen LogP contribution in [0.15, 0.2) is 42.5 Å². The molecule has 14 heteroatoms. The molecular weight excluding hydrogens is 646 g/mol. The first-order valence-electron chi connectivity index (χ1n) is 17.1. The van der Waals surface area contributed by atoms with Gasteiger partial charge in [0.2, 0.25) is 0 Å². The lowest BCUT2D eigenvalue weighted by Crippen LogP contribution is -2.56. The molecule has 0 aromatic heterocycles. The number of carbonyl (C=O) groups is 3. The van der Waals surface area contributed by atoms with Gasteiger partial charge in [-0.3, -0.25) is 9.69 Å². The first kappa shape index (κ1) is 34.9. The van der Waals surface area contributed by atoms with E-state index in [2.05, 4.69) is 10.2 Å². The van der Waals surface area contributed by atoms with E-state index in [0.717, 1.165) is 36.2 Å². The number of hydrogen-bond acceptors (Lipinski definition) is 6. The minimum Gasteiger partial charge on any atom is -0.436 e. The summed E-state index contributed by atoms with van der Waals surface area (Å²) in [5, 5.41) is 2.98. The van der Waals surface area contributed by atoms with Gasteiger partial charge < -0.3 is 29.5 Å². The van der Waals surface area contributed by atoms with Crippen LogP contribution < -0.4 is 5.32 Å². The third kappa shape index (κ3) is 8.46. The zero-order chi connectivity index (χ0) is 34.5. The molecule has 3 fully saturated rings. The van der Waals surface area contributed by atoms with Crippen LogP contribution in [0.5, 0.6) is 0 Å². The molecule has 2 aromatic carbocycles. The van der Waals surface area contributed by atoms with Gasteiger partial charge in [0.1, 0.15) is 6.67 Å². The van der Waals surface area contributed by atoms with Crippen LogP contribution in [0.2, 0.25) is 0 Å². The van der Waals surface area contributed by atoms with Crippen LogP contribution in [-0.4, -0.2) is 115 Å². The van der Waals surface area contributed by atoms with Crippen molar-refractivity contribution in [3.8, 4) is 0 Å². The number of anilines is 1. The molecule has 6 rings (SSSR count). The van der Waals surface area contributed by atoms with Crippen molar-refractivity contribution < 1.29 is 41.4 Å². The normalized spacial score (nSPS) is 20.7. The van der Waals surface area contributed by atoms with E-state index >= 15 is 0 Å². The number of alkyl halides is 4. The quantitative estimate of drug-likeness (QED) is 0.407. The summed E-state index contributed by atoms with van der Waals surface area (Å²) in [6, 6.07) is 10.6. The number of amides is 4. The SMILES string of the molecule is O=C(O[C@H](Cc1cc(CF)cc(C(F)(F)F)c1)C(=O)N1CCN(C2CCOCC2)CC1)N1CCC(N2CCc3ccccc3NC2=O)CC1. The van der Waals surface area contributed by atoms with Crippen molar-refractivity contribution >= 4 is 23.7 Å². The molecule has 10 nitrogen and oxygen atoms in total. The highest BCUT2D eigenvalue weighted by atomic mass is 19.4. The lowest BCUT2D eigenvalue weighted by molar-refractivity contribution is -0.143. The molecule has 0 aliphatic carbocycles. The summed E-state index contributed by atoms with van der Waals surface area (Å²) in [6.45, 7) is 3.37. The third-order valence-corrected chi connectivity index (χ3v) is 10.1. The van der Waals surface area contributed by atoms with E-state index in [1.165, 1.54) is 11.0 Å². The summed E-state index contributed by atoms with van der Waals surface area (Å²) in [5.74, 6) is -0.491. The lowest BCUT2D eigenvalue weighted by atomic mass is 10.00. The molecule has 0 saturated carbocycles. The second-order valence-corrected chi connectivity index (χ2v) is 13.2. The van der Waals surface area contributed by atoms with Gasteiger partial charge in [-0.15, -0.1) is 0 Å². The van der Waals surface area contributed by atoms with Crippen molar-refractivity contribution in [1.82, 2.24) is 19.6 Å². The molecule has 4 heterocycles. The molecular formula is C35H43F4N5O5. The van der Waals surface area contributed by atoms with Crippen LogP contribution >= 0.6 is 0 Å². The molecule has 4 aliphatic heterocycles. The average molecular weight is 690 g/mol. The van der Waals surface area contributed by atoms with Gasteiger partial charge in [0.25, 0.3) is 5.91 Å². The van der Waals surface area contributed by atoms with E-state index in [0.29, 0.717) is 71.2 Å². The predicted molar refractivity (Wildman–Crippen MR) is 173 cm³/mol. The number of urea groups is 1. The maximum atomic E-state index is 13.9. The number of likely N-dealkylation sites (tertiary alicyclic amines) is 1. The zero-order valence-corrected chi connectivity index (χ0v) is 27.4. The smallest absolute Gasteiger partial charge is 0.416 e. The van der Waals surface area contributed by atoms with Crippen molar-refractivity contribution in [1.29, 1.82) is 0 Å². The van der Waals surface area contributed by atoms with Gasteiger partial charge in [-0.1, -0.05) is 24.3 Å². The molecule has 49 heavy (non-hydrogen) atoms. The first-order chi connectivity index (χ1) is 23.6. The van der Waals surface area contributed by atoms with Gasteiger partial charge in [-0.05, 0) is 67.0 Å². The van der Waals surface area contributed by atoms with Crippen molar-refractivity contribution in [2.45, 2.75) is 69.6 Å². The molecule has 0 radical (unpaired) electrons. The Hall–Kier alpha value is -3.91. The molecule has 2 aromatic rings. The topological polar surface area (TPSA) is 94.7 Å². The fourth-order valence-corrected chi connectivity index (χ4v) is 7.37. The Morgan fingerprint density at radius 2 is 1.57 bits per heavy atom. The Labute approximate surface area is 283 Å². The van der Waals surface area contributed by atoms with Crippen molar-refractivity contribution in [2.24, 2.45) is 0 Å². The molecule has 0 bridgehead atoms. The van der Waals surface area contributed by atoms with Crippen molar-refractivity contribution in [3.63, 3.8) is 0 Å². The Kier molecular flexibility index (Phi) is 10.9. The van der Waals surface area contributed by atoms with Crippen LogP contribution in [0.25, 0.3) is 0 Å². The summed E-state index contributed by atoms with van der Waals surface area (Å²) in [7, 11) is 0. The highest BCUT2D eigenvalue weighted by molar-refractivity contribution is 5.91. The van der Waals surface area contributed by atoms with Gasteiger partial charge in [0.15, 0.2) is 6.10 Å². The molecule has 0 spiro atoms. The second kappa shape index (κ2) is 15.3. The van der Waals surface area contributed by atoms with E-state index in [1.807, 2.05) is 24.3 Å². The standard InChI is InChI=1S/C35H43F4N5O5/c36-23-25-19-24(20-27(21-25)35(37,38)39)22-31(32(45)42-15-13-41(14-16-42)28-8-17-48-18-9-28)49-34(47)43-10-6-29(7-11-43)44-12-5-26-3-1-2-4-30(26)40-33(44)46/h1-4,19-21,28-29,31H,5-18,22-23H2,(H,40,46)/t31-/m1/s1. The molecule has 1 N–H and O–H groups in total. The van der Waals surface area contributed by atoms with Crippen LogP contribution in [0.4, 0.5) is 32.8 Å². The van der Waals surface area contributed by atoms with E-state index in [9.17, 15) is 31.9 Å². The number of nitrogens with one attached hydrogen (secondary N) is 1. The number of halogens is 4. The van der Waals surface area contributed by atoms with Crippen LogP contribution in [0.1, 0.15) is 47.9 Å².